The zero-order chi connectivity index (χ0) is 18.0. The Morgan fingerprint density at radius 1 is 1.28 bits per heavy atom. The van der Waals surface area contributed by atoms with E-state index in [-0.39, 0.29) is 17.5 Å². The lowest BCUT2D eigenvalue weighted by Crippen LogP contribution is -2.38. The van der Waals surface area contributed by atoms with Crippen LogP contribution in [0.25, 0.3) is 0 Å². The van der Waals surface area contributed by atoms with Crippen LogP contribution in [0.1, 0.15) is 12.0 Å². The van der Waals surface area contributed by atoms with Gasteiger partial charge in [-0.15, -0.1) is 0 Å². The molecule has 1 heterocycles. The Bertz CT molecular complexity index is 797. The smallest absolute Gasteiger partial charge is 0.239 e. The lowest BCUT2D eigenvalue weighted by Gasteiger charge is -2.21. The number of anilines is 1. The van der Waals surface area contributed by atoms with Gasteiger partial charge in [0.25, 0.3) is 0 Å². The summed E-state index contributed by atoms with van der Waals surface area (Å²) in [4.78, 5) is 28.2. The molecule has 130 valence electrons. The Balaban J connectivity index is 1.71. The first kappa shape index (κ1) is 17.6. The molecule has 1 fully saturated rings. The molecular weight excluding hydrogens is 387 g/mol. The highest BCUT2D eigenvalue weighted by Gasteiger charge is 2.39. The molecule has 25 heavy (non-hydrogen) atoms. The van der Waals surface area contributed by atoms with E-state index in [1.165, 1.54) is 11.0 Å². The lowest BCUT2D eigenvalue weighted by molar-refractivity contribution is -0.139. The van der Waals surface area contributed by atoms with Crippen LogP contribution in [0.4, 0.5) is 10.1 Å². The molecular formula is C19H18BrFN2O2. The molecule has 2 aromatic carbocycles. The number of carbonyl (C=O) groups is 2. The predicted molar refractivity (Wildman–Crippen MR) is 97.5 cm³/mol. The Kier molecular flexibility index (Phi) is 5.18. The van der Waals surface area contributed by atoms with Gasteiger partial charge in [-0.05, 0) is 30.2 Å². The fourth-order valence-electron chi connectivity index (χ4n) is 3.05. The van der Waals surface area contributed by atoms with E-state index in [1.807, 2.05) is 30.3 Å². The molecule has 1 saturated heterocycles. The van der Waals surface area contributed by atoms with Crippen molar-refractivity contribution in [2.24, 2.45) is 5.92 Å². The first-order chi connectivity index (χ1) is 12.0. The molecule has 0 aliphatic carbocycles. The van der Waals surface area contributed by atoms with Gasteiger partial charge in [-0.1, -0.05) is 46.3 Å². The fourth-order valence-corrected chi connectivity index (χ4v) is 3.38. The molecule has 0 bridgehead atoms. The van der Waals surface area contributed by atoms with Crippen LogP contribution in [0.3, 0.4) is 0 Å². The number of carbonyl (C=O) groups excluding carboxylic acids is 2. The zero-order valence-corrected chi connectivity index (χ0v) is 15.4. The van der Waals surface area contributed by atoms with Gasteiger partial charge in [0, 0.05) is 24.6 Å². The summed E-state index contributed by atoms with van der Waals surface area (Å²) in [6.45, 7) is 0.781. The van der Waals surface area contributed by atoms with E-state index in [9.17, 15) is 14.0 Å². The minimum absolute atomic E-state index is 0.217. The van der Waals surface area contributed by atoms with Crippen LogP contribution in [0, 0.1) is 11.7 Å². The van der Waals surface area contributed by atoms with E-state index in [1.54, 1.807) is 24.1 Å². The number of benzene rings is 2. The van der Waals surface area contributed by atoms with Crippen LogP contribution in [0.5, 0.6) is 0 Å². The highest BCUT2D eigenvalue weighted by molar-refractivity contribution is 9.10. The predicted octanol–water partition coefficient (Wildman–Crippen LogP) is 3.60. The van der Waals surface area contributed by atoms with E-state index < -0.39 is 11.7 Å². The van der Waals surface area contributed by atoms with Gasteiger partial charge in [0.2, 0.25) is 11.8 Å². The number of hydrogen-bond acceptors (Lipinski definition) is 2. The molecule has 0 radical (unpaired) electrons. The summed E-state index contributed by atoms with van der Waals surface area (Å²) in [5.41, 5.74) is 1.22. The Labute approximate surface area is 154 Å². The van der Waals surface area contributed by atoms with Gasteiger partial charge in [-0.25, -0.2) is 4.39 Å². The number of amides is 2. The fraction of sp³-hybridized carbons (Fsp3) is 0.263. The highest BCUT2D eigenvalue weighted by Crippen LogP contribution is 2.30. The van der Waals surface area contributed by atoms with Gasteiger partial charge in [0.05, 0.1) is 5.69 Å². The Hall–Kier alpha value is -2.21. The van der Waals surface area contributed by atoms with E-state index >= 15 is 0 Å². The summed E-state index contributed by atoms with van der Waals surface area (Å²) in [6, 6.07) is 14.2. The monoisotopic (exact) mass is 404 g/mol. The molecule has 0 saturated carbocycles. The van der Waals surface area contributed by atoms with Crippen molar-refractivity contribution >= 4 is 33.4 Å². The van der Waals surface area contributed by atoms with Crippen LogP contribution >= 0.6 is 15.9 Å². The van der Waals surface area contributed by atoms with Crippen LogP contribution in [-0.2, 0) is 16.1 Å². The molecule has 2 aromatic rings. The molecule has 4 nitrogen and oxygen atoms in total. The quantitative estimate of drug-likeness (QED) is 0.730. The lowest BCUT2D eigenvalue weighted by atomic mass is 10.1. The van der Waals surface area contributed by atoms with Crippen molar-refractivity contribution in [1.29, 1.82) is 0 Å². The standard InChI is InChI=1S/C19H18BrFN2O2/c1-22(12-13-5-3-2-4-6-13)18(24)15-9-10-23(19(15)25)17-8-7-14(20)11-16(17)21/h2-8,11,15H,9-10,12H2,1H3/t15-/m1/s1. The highest BCUT2D eigenvalue weighted by atomic mass is 79.9. The number of halogens is 2. The number of hydrogen-bond donors (Lipinski definition) is 0. The van der Waals surface area contributed by atoms with Crippen molar-refractivity contribution in [2.45, 2.75) is 13.0 Å². The molecule has 6 heteroatoms. The van der Waals surface area contributed by atoms with Gasteiger partial charge in [0.15, 0.2) is 0 Å². The molecule has 0 spiro atoms. The van der Waals surface area contributed by atoms with Crippen molar-refractivity contribution in [3.8, 4) is 0 Å². The first-order valence-corrected chi connectivity index (χ1v) is 8.82. The topological polar surface area (TPSA) is 40.6 Å². The molecule has 0 aromatic heterocycles. The molecule has 0 unspecified atom stereocenters. The maximum absolute atomic E-state index is 14.1. The number of rotatable bonds is 4. The maximum atomic E-state index is 14.1. The third kappa shape index (κ3) is 3.74. The zero-order valence-electron chi connectivity index (χ0n) is 13.8. The van der Waals surface area contributed by atoms with Gasteiger partial charge in [-0.3, -0.25) is 9.59 Å². The average molecular weight is 405 g/mol. The van der Waals surface area contributed by atoms with Gasteiger partial charge in [0.1, 0.15) is 11.7 Å². The third-order valence-electron chi connectivity index (χ3n) is 4.34. The summed E-state index contributed by atoms with van der Waals surface area (Å²) < 4.78 is 14.7. The third-order valence-corrected chi connectivity index (χ3v) is 4.84. The Morgan fingerprint density at radius 3 is 2.68 bits per heavy atom. The van der Waals surface area contributed by atoms with Gasteiger partial charge in [-0.2, -0.15) is 0 Å². The van der Waals surface area contributed by atoms with Crippen molar-refractivity contribution in [3.63, 3.8) is 0 Å². The van der Waals surface area contributed by atoms with Crippen LogP contribution in [0.2, 0.25) is 0 Å². The molecule has 1 aliphatic heterocycles. The van der Waals surface area contributed by atoms with Crippen molar-refractivity contribution in [2.75, 3.05) is 18.5 Å². The minimum atomic E-state index is -0.753. The molecule has 1 aliphatic rings. The normalized spacial score (nSPS) is 17.0. The molecule has 2 amide bonds. The molecule has 1 atom stereocenters. The average Bonchev–Trinajstić information content (AvgIpc) is 2.96. The summed E-state index contributed by atoms with van der Waals surface area (Å²) in [7, 11) is 1.69. The summed E-state index contributed by atoms with van der Waals surface area (Å²) in [6.07, 6.45) is 0.395. The summed E-state index contributed by atoms with van der Waals surface area (Å²) >= 11 is 3.20. The second-order valence-electron chi connectivity index (χ2n) is 6.11. The molecule has 3 rings (SSSR count). The molecule has 0 N–H and O–H groups in total. The van der Waals surface area contributed by atoms with E-state index in [2.05, 4.69) is 15.9 Å². The van der Waals surface area contributed by atoms with Crippen LogP contribution < -0.4 is 4.90 Å². The van der Waals surface area contributed by atoms with Gasteiger partial charge < -0.3 is 9.80 Å². The second-order valence-corrected chi connectivity index (χ2v) is 7.02. The Morgan fingerprint density at radius 2 is 2.00 bits per heavy atom. The van der Waals surface area contributed by atoms with Crippen molar-refractivity contribution in [1.82, 2.24) is 4.90 Å². The van der Waals surface area contributed by atoms with E-state index in [0.29, 0.717) is 24.0 Å². The van der Waals surface area contributed by atoms with Crippen molar-refractivity contribution < 1.29 is 14.0 Å². The van der Waals surface area contributed by atoms with Crippen LogP contribution in [0.15, 0.2) is 53.0 Å². The maximum Gasteiger partial charge on any atom is 0.239 e. The van der Waals surface area contributed by atoms with E-state index in [0.717, 1.165) is 5.56 Å². The van der Waals surface area contributed by atoms with Crippen LogP contribution in [-0.4, -0.2) is 30.3 Å². The largest absolute Gasteiger partial charge is 0.341 e. The summed E-state index contributed by atoms with van der Waals surface area (Å²) in [5, 5.41) is 0. The first-order valence-electron chi connectivity index (χ1n) is 8.02. The van der Waals surface area contributed by atoms with E-state index in [4.69, 9.17) is 0 Å². The SMILES string of the molecule is CN(Cc1ccccc1)C(=O)[C@H]1CCN(c2ccc(Br)cc2F)C1=O. The van der Waals surface area contributed by atoms with Gasteiger partial charge >= 0.3 is 0 Å². The second kappa shape index (κ2) is 7.35. The number of nitrogens with zero attached hydrogens (tertiary/aromatic N) is 2. The minimum Gasteiger partial charge on any atom is -0.341 e. The van der Waals surface area contributed by atoms with Crippen molar-refractivity contribution in [3.05, 3.63) is 64.4 Å². The summed E-state index contributed by atoms with van der Waals surface area (Å²) in [5.74, 6) is -1.80.